The van der Waals surface area contributed by atoms with Crippen molar-refractivity contribution in [3.8, 4) is 5.82 Å². The fourth-order valence-corrected chi connectivity index (χ4v) is 4.50. The average molecular weight is 491 g/mol. The van der Waals surface area contributed by atoms with E-state index in [0.717, 1.165) is 31.6 Å². The van der Waals surface area contributed by atoms with Crippen molar-refractivity contribution in [1.29, 1.82) is 0 Å². The van der Waals surface area contributed by atoms with Gasteiger partial charge in [-0.15, -0.1) is 11.7 Å². The molecule has 1 aliphatic rings. The lowest BCUT2D eigenvalue weighted by atomic mass is 10.1. The second-order valence-electron chi connectivity index (χ2n) is 9.36. The zero-order valence-electron chi connectivity index (χ0n) is 20.7. The quantitative estimate of drug-likeness (QED) is 0.391. The summed E-state index contributed by atoms with van der Waals surface area (Å²) in [6.07, 6.45) is 8.94. The number of likely N-dealkylation sites (tertiary alicyclic amines) is 1. The molecule has 0 aliphatic carbocycles. The monoisotopic (exact) mass is 490 g/mol. The number of fused-ring (bicyclic) bond motifs is 1. The summed E-state index contributed by atoms with van der Waals surface area (Å²) in [5.74, 6) is 0.726. The van der Waals surface area contributed by atoms with Crippen LogP contribution in [0.4, 0.5) is 11.6 Å². The molecule has 188 valence electrons. The van der Waals surface area contributed by atoms with Crippen molar-refractivity contribution in [2.24, 2.45) is 0 Å². The highest BCUT2D eigenvalue weighted by molar-refractivity contribution is 5.76. The molecule has 0 aromatic carbocycles. The molecule has 1 aliphatic heterocycles. The number of allylic oxidation sites excluding steroid dienone is 1. The van der Waals surface area contributed by atoms with Gasteiger partial charge in [0, 0.05) is 18.5 Å². The summed E-state index contributed by atoms with van der Waals surface area (Å²) in [5.41, 5.74) is 0.653. The Bertz CT molecular complexity index is 1520. The van der Waals surface area contributed by atoms with Crippen LogP contribution in [-0.4, -0.2) is 63.9 Å². The highest BCUT2D eigenvalue weighted by Crippen LogP contribution is 2.23. The normalized spacial score (nSPS) is 15.1. The fourth-order valence-electron chi connectivity index (χ4n) is 4.50. The summed E-state index contributed by atoms with van der Waals surface area (Å²) in [4.78, 5) is 36.8. The first kappa shape index (κ1) is 23.7. The van der Waals surface area contributed by atoms with Crippen molar-refractivity contribution in [2.75, 3.05) is 25.5 Å². The molecular formula is C24H30N10O2. The molecule has 1 saturated heterocycles. The molecule has 36 heavy (non-hydrogen) atoms. The first-order valence-corrected chi connectivity index (χ1v) is 12.0. The van der Waals surface area contributed by atoms with Crippen LogP contribution >= 0.6 is 0 Å². The first-order valence-electron chi connectivity index (χ1n) is 12.0. The van der Waals surface area contributed by atoms with Crippen molar-refractivity contribution in [3.63, 3.8) is 0 Å². The molecular weight excluding hydrogens is 460 g/mol. The zero-order chi connectivity index (χ0) is 25.4. The molecule has 5 rings (SSSR count). The van der Waals surface area contributed by atoms with E-state index < -0.39 is 0 Å². The molecule has 12 heteroatoms. The van der Waals surface area contributed by atoms with Gasteiger partial charge in [-0.2, -0.15) is 10.1 Å². The minimum absolute atomic E-state index is 0.146. The lowest BCUT2D eigenvalue weighted by Crippen LogP contribution is -2.31. The van der Waals surface area contributed by atoms with Crippen molar-refractivity contribution >= 4 is 22.7 Å². The maximum absolute atomic E-state index is 13.2. The van der Waals surface area contributed by atoms with Gasteiger partial charge in [-0.25, -0.2) is 19.0 Å². The van der Waals surface area contributed by atoms with Gasteiger partial charge in [-0.1, -0.05) is 6.08 Å². The van der Waals surface area contributed by atoms with Gasteiger partial charge in [-0.05, 0) is 52.9 Å². The van der Waals surface area contributed by atoms with Gasteiger partial charge in [0.1, 0.15) is 5.39 Å². The van der Waals surface area contributed by atoms with Gasteiger partial charge < -0.3 is 10.2 Å². The maximum atomic E-state index is 13.2. The van der Waals surface area contributed by atoms with Gasteiger partial charge in [0.2, 0.25) is 5.95 Å². The standard InChI is InChI=1S/C24H30N10O2/c1-5-10-32-23(36)19-14-25-24(27-17-13-26-31(15-17)18-8-11-30(4)12-9-18)28-22(19)34(32)20-6-7-21(35)33(29-20)16(2)3/h5-7,13-16,18H,1,8-12H2,2-4H3,(H,25,27,28). The molecule has 0 spiro atoms. The number of nitrogens with zero attached hydrogens (tertiary/aromatic N) is 9. The molecule has 0 amide bonds. The molecule has 5 heterocycles. The lowest BCUT2D eigenvalue weighted by molar-refractivity contribution is 0.212. The summed E-state index contributed by atoms with van der Waals surface area (Å²) in [7, 11) is 2.13. The van der Waals surface area contributed by atoms with Crippen molar-refractivity contribution in [2.45, 2.75) is 45.3 Å². The molecule has 1 fully saturated rings. The predicted molar refractivity (Wildman–Crippen MR) is 137 cm³/mol. The van der Waals surface area contributed by atoms with Crippen LogP contribution in [0.1, 0.15) is 38.8 Å². The average Bonchev–Trinajstić information content (AvgIpc) is 3.43. The first-order chi connectivity index (χ1) is 17.4. The smallest absolute Gasteiger partial charge is 0.278 e. The topological polar surface area (TPSA) is 121 Å². The lowest BCUT2D eigenvalue weighted by Gasteiger charge is -2.28. The van der Waals surface area contributed by atoms with E-state index in [4.69, 9.17) is 0 Å². The number of piperidine rings is 1. The summed E-state index contributed by atoms with van der Waals surface area (Å²) in [5, 5.41) is 12.6. The number of hydrogen-bond acceptors (Lipinski definition) is 8. The largest absolute Gasteiger partial charge is 0.321 e. The highest BCUT2D eigenvalue weighted by atomic mass is 16.1. The Labute approximate surface area is 207 Å². The van der Waals surface area contributed by atoms with E-state index in [2.05, 4.69) is 44.0 Å². The van der Waals surface area contributed by atoms with E-state index in [1.165, 1.54) is 21.6 Å². The Kier molecular flexibility index (Phi) is 6.27. The van der Waals surface area contributed by atoms with Gasteiger partial charge in [0.15, 0.2) is 11.5 Å². The third-order valence-electron chi connectivity index (χ3n) is 6.41. The van der Waals surface area contributed by atoms with Crippen LogP contribution < -0.4 is 16.4 Å². The second kappa shape index (κ2) is 9.53. The minimum atomic E-state index is -0.268. The summed E-state index contributed by atoms with van der Waals surface area (Å²) >= 11 is 0. The van der Waals surface area contributed by atoms with E-state index in [9.17, 15) is 9.59 Å². The van der Waals surface area contributed by atoms with Crippen LogP contribution in [-0.2, 0) is 6.54 Å². The van der Waals surface area contributed by atoms with Crippen LogP contribution in [0.25, 0.3) is 16.9 Å². The van der Waals surface area contributed by atoms with Crippen LogP contribution in [0.15, 0.2) is 53.0 Å². The summed E-state index contributed by atoms with van der Waals surface area (Å²) in [6, 6.07) is 3.24. The highest BCUT2D eigenvalue weighted by Gasteiger charge is 2.21. The van der Waals surface area contributed by atoms with Crippen LogP contribution in [0.3, 0.4) is 0 Å². The third-order valence-corrected chi connectivity index (χ3v) is 6.41. The van der Waals surface area contributed by atoms with Crippen LogP contribution in [0.5, 0.6) is 0 Å². The number of rotatable bonds is 7. The number of aromatic nitrogens is 8. The maximum Gasteiger partial charge on any atom is 0.278 e. The Morgan fingerprint density at radius 3 is 2.69 bits per heavy atom. The molecule has 0 bridgehead atoms. The number of anilines is 2. The zero-order valence-corrected chi connectivity index (χ0v) is 20.7. The van der Waals surface area contributed by atoms with E-state index in [1.54, 1.807) is 23.0 Å². The number of hydrogen-bond donors (Lipinski definition) is 1. The van der Waals surface area contributed by atoms with Crippen molar-refractivity contribution < 1.29 is 0 Å². The Morgan fingerprint density at radius 2 is 1.97 bits per heavy atom. The van der Waals surface area contributed by atoms with E-state index in [-0.39, 0.29) is 23.7 Å². The third kappa shape index (κ3) is 4.35. The molecule has 4 aromatic rings. The van der Waals surface area contributed by atoms with E-state index in [0.29, 0.717) is 28.8 Å². The molecule has 1 N–H and O–H groups in total. The minimum Gasteiger partial charge on any atom is -0.321 e. The summed E-state index contributed by atoms with van der Waals surface area (Å²) < 4.78 is 6.45. The summed E-state index contributed by atoms with van der Waals surface area (Å²) in [6.45, 7) is 9.85. The van der Waals surface area contributed by atoms with Crippen molar-refractivity contribution in [3.05, 3.63) is 64.1 Å². The van der Waals surface area contributed by atoms with E-state index >= 15 is 0 Å². The molecule has 4 aromatic heterocycles. The molecule has 12 nitrogen and oxygen atoms in total. The van der Waals surface area contributed by atoms with Gasteiger partial charge in [0.25, 0.3) is 11.1 Å². The van der Waals surface area contributed by atoms with Crippen LogP contribution in [0, 0.1) is 0 Å². The van der Waals surface area contributed by atoms with Gasteiger partial charge in [-0.3, -0.25) is 14.3 Å². The Morgan fingerprint density at radius 1 is 1.19 bits per heavy atom. The molecule has 0 atom stereocenters. The van der Waals surface area contributed by atoms with Crippen LogP contribution in [0.2, 0.25) is 0 Å². The van der Waals surface area contributed by atoms with Gasteiger partial charge in [0.05, 0.1) is 30.5 Å². The molecule has 0 unspecified atom stereocenters. The second-order valence-corrected chi connectivity index (χ2v) is 9.36. The fraction of sp³-hybridized carbons (Fsp3) is 0.417. The number of nitrogens with one attached hydrogen (secondary N) is 1. The van der Waals surface area contributed by atoms with Gasteiger partial charge >= 0.3 is 0 Å². The molecule has 0 radical (unpaired) electrons. The van der Waals surface area contributed by atoms with Crippen molar-refractivity contribution in [1.82, 2.24) is 43.8 Å². The van der Waals surface area contributed by atoms with E-state index in [1.807, 2.05) is 24.7 Å². The predicted octanol–water partition coefficient (Wildman–Crippen LogP) is 2.11. The molecule has 0 saturated carbocycles. The Hall–Kier alpha value is -4.06. The Balaban J connectivity index is 1.53. The SMILES string of the molecule is C=CCn1c(=O)c2cnc(Nc3cnn(C4CCN(C)CC4)c3)nc2n1-c1ccc(=O)n(C(C)C)n1.